The minimum Gasteiger partial charge on any atom is -0.394 e. The summed E-state index contributed by atoms with van der Waals surface area (Å²) < 4.78 is 0. The Hall–Kier alpha value is -1.16. The van der Waals surface area contributed by atoms with Crippen molar-refractivity contribution in [2.75, 3.05) is 6.61 Å². The van der Waals surface area contributed by atoms with Gasteiger partial charge in [0, 0.05) is 19.3 Å². The van der Waals surface area contributed by atoms with Crippen molar-refractivity contribution in [1.29, 1.82) is 0 Å². The molecule has 0 radical (unpaired) electrons. The standard InChI is InChI=1S/C66H129NO3/c1-3-5-7-9-11-13-15-17-32-36-40-44-48-52-56-60-65(69)61-57-53-49-45-41-37-33-30-28-26-24-22-20-19-21-23-25-27-29-31-34-38-42-46-50-54-58-62-66(70)67-64(63-68)59-55-51-47-43-39-35-18-16-14-12-10-8-6-4-2/h17,32,64,68H,3-16,18-31,33-63H2,1-2H3,(H,67,70)/b32-17-/t64-/m1/s1. The van der Waals surface area contributed by atoms with Gasteiger partial charge in [-0.1, -0.05) is 328 Å². The second-order valence-electron chi connectivity index (χ2n) is 22.8. The second-order valence-corrected chi connectivity index (χ2v) is 22.8. The summed E-state index contributed by atoms with van der Waals surface area (Å²) in [5, 5.41) is 12.9. The normalized spacial score (nSPS) is 12.2. The van der Waals surface area contributed by atoms with E-state index >= 15 is 0 Å². The highest BCUT2D eigenvalue weighted by Gasteiger charge is 2.11. The van der Waals surface area contributed by atoms with Crippen LogP contribution in [0.2, 0.25) is 0 Å². The Labute approximate surface area is 440 Å². The number of carbonyl (C=O) groups is 2. The van der Waals surface area contributed by atoms with Gasteiger partial charge in [-0.2, -0.15) is 0 Å². The first-order chi connectivity index (χ1) is 34.6. The summed E-state index contributed by atoms with van der Waals surface area (Å²) in [4.78, 5) is 24.7. The number of hydrogen-bond acceptors (Lipinski definition) is 3. The molecule has 0 spiro atoms. The van der Waals surface area contributed by atoms with E-state index in [0.29, 0.717) is 12.2 Å². The minimum atomic E-state index is -0.0593. The maximum absolute atomic E-state index is 12.4. The fourth-order valence-electron chi connectivity index (χ4n) is 10.6. The largest absolute Gasteiger partial charge is 0.394 e. The molecule has 0 fully saturated rings. The lowest BCUT2D eigenvalue weighted by Gasteiger charge is -2.16. The first-order valence-corrected chi connectivity index (χ1v) is 32.7. The topological polar surface area (TPSA) is 66.4 Å². The van der Waals surface area contributed by atoms with Gasteiger partial charge in [-0.3, -0.25) is 9.59 Å². The Kier molecular flexibility index (Phi) is 61.1. The van der Waals surface area contributed by atoms with Crippen molar-refractivity contribution in [3.8, 4) is 0 Å². The number of ketones is 1. The predicted octanol–water partition coefficient (Wildman–Crippen LogP) is 22.3. The van der Waals surface area contributed by atoms with E-state index in [1.54, 1.807) is 0 Å². The molecule has 416 valence electrons. The molecule has 70 heavy (non-hydrogen) atoms. The summed E-state index contributed by atoms with van der Waals surface area (Å²) >= 11 is 0. The number of hydrogen-bond donors (Lipinski definition) is 2. The summed E-state index contributed by atoms with van der Waals surface area (Å²) in [6.45, 7) is 4.64. The molecule has 0 aromatic carbocycles. The average molecular weight is 985 g/mol. The van der Waals surface area contributed by atoms with Gasteiger partial charge >= 0.3 is 0 Å². The van der Waals surface area contributed by atoms with E-state index in [9.17, 15) is 14.7 Å². The molecule has 0 heterocycles. The number of carbonyl (C=O) groups excluding carboxylic acids is 2. The summed E-state index contributed by atoms with van der Waals surface area (Å²) in [5.41, 5.74) is 0. The van der Waals surface area contributed by atoms with Crippen molar-refractivity contribution >= 4 is 11.7 Å². The molecule has 0 aromatic heterocycles. The quantitative estimate of drug-likeness (QED) is 0.0471. The Balaban J connectivity index is 3.28. The van der Waals surface area contributed by atoms with Gasteiger partial charge in [-0.25, -0.2) is 0 Å². The van der Waals surface area contributed by atoms with E-state index in [4.69, 9.17) is 0 Å². The van der Waals surface area contributed by atoms with Gasteiger partial charge in [0.05, 0.1) is 12.6 Å². The zero-order valence-electron chi connectivity index (χ0n) is 48.2. The van der Waals surface area contributed by atoms with Crippen molar-refractivity contribution < 1.29 is 14.7 Å². The lowest BCUT2D eigenvalue weighted by Crippen LogP contribution is -2.37. The van der Waals surface area contributed by atoms with Gasteiger partial charge in [0.15, 0.2) is 0 Å². The van der Waals surface area contributed by atoms with E-state index in [1.807, 2.05) is 0 Å². The molecule has 0 unspecified atom stereocenters. The minimum absolute atomic E-state index is 0.0593. The number of Topliss-reactive ketones (excluding diaryl/α,β-unsaturated/α-hetero) is 1. The second kappa shape index (κ2) is 62.1. The molecule has 1 amide bonds. The number of nitrogens with one attached hydrogen (secondary N) is 1. The third kappa shape index (κ3) is 59.4. The highest BCUT2D eigenvalue weighted by Crippen LogP contribution is 2.19. The number of aliphatic hydroxyl groups excluding tert-OH is 1. The highest BCUT2D eigenvalue weighted by molar-refractivity contribution is 5.78. The van der Waals surface area contributed by atoms with Gasteiger partial charge in [0.25, 0.3) is 0 Å². The molecule has 0 bridgehead atoms. The van der Waals surface area contributed by atoms with Crippen LogP contribution in [0.5, 0.6) is 0 Å². The fourth-order valence-corrected chi connectivity index (χ4v) is 10.6. The van der Waals surface area contributed by atoms with Crippen LogP contribution < -0.4 is 5.32 Å². The van der Waals surface area contributed by atoms with Crippen LogP contribution in [-0.4, -0.2) is 29.4 Å². The predicted molar refractivity (Wildman–Crippen MR) is 312 cm³/mol. The number of rotatable bonds is 62. The molecule has 0 saturated heterocycles. The Morgan fingerprint density at radius 3 is 0.814 bits per heavy atom. The van der Waals surface area contributed by atoms with Crippen molar-refractivity contribution in [3.63, 3.8) is 0 Å². The van der Waals surface area contributed by atoms with Crippen LogP contribution >= 0.6 is 0 Å². The lowest BCUT2D eigenvalue weighted by molar-refractivity contribution is -0.122. The van der Waals surface area contributed by atoms with Gasteiger partial charge in [-0.05, 0) is 51.4 Å². The molecule has 4 nitrogen and oxygen atoms in total. The summed E-state index contributed by atoms with van der Waals surface area (Å²) in [6.07, 6.45) is 80.8. The number of unbranched alkanes of at least 4 members (excludes halogenated alkanes) is 50. The van der Waals surface area contributed by atoms with Crippen LogP contribution in [0.3, 0.4) is 0 Å². The van der Waals surface area contributed by atoms with Gasteiger partial charge in [0.2, 0.25) is 5.91 Å². The average Bonchev–Trinajstić information content (AvgIpc) is 3.36. The van der Waals surface area contributed by atoms with Crippen molar-refractivity contribution in [2.45, 2.75) is 392 Å². The highest BCUT2D eigenvalue weighted by atomic mass is 16.3. The van der Waals surface area contributed by atoms with E-state index in [-0.39, 0.29) is 18.6 Å². The molecule has 0 saturated carbocycles. The molecule has 4 heteroatoms. The third-order valence-electron chi connectivity index (χ3n) is 15.6. The van der Waals surface area contributed by atoms with E-state index in [2.05, 4.69) is 31.3 Å². The molecule has 1 atom stereocenters. The van der Waals surface area contributed by atoms with E-state index < -0.39 is 0 Å². The summed E-state index contributed by atoms with van der Waals surface area (Å²) in [5.74, 6) is 0.648. The number of amides is 1. The van der Waals surface area contributed by atoms with Gasteiger partial charge in [0.1, 0.15) is 5.78 Å². The van der Waals surface area contributed by atoms with Crippen LogP contribution in [0.25, 0.3) is 0 Å². The van der Waals surface area contributed by atoms with Crippen LogP contribution in [-0.2, 0) is 9.59 Å². The monoisotopic (exact) mass is 984 g/mol. The molecule has 0 aliphatic carbocycles. The first kappa shape index (κ1) is 68.8. The van der Waals surface area contributed by atoms with Crippen LogP contribution in [0.1, 0.15) is 386 Å². The maximum atomic E-state index is 12.4. The lowest BCUT2D eigenvalue weighted by atomic mass is 10.0. The van der Waals surface area contributed by atoms with Gasteiger partial charge < -0.3 is 10.4 Å². The summed E-state index contributed by atoms with van der Waals surface area (Å²) in [6, 6.07) is -0.0593. The molecule has 0 rings (SSSR count). The van der Waals surface area contributed by atoms with E-state index in [1.165, 1.54) is 315 Å². The number of allylic oxidation sites excluding steroid dienone is 2. The van der Waals surface area contributed by atoms with Crippen molar-refractivity contribution in [1.82, 2.24) is 5.32 Å². The molecule has 2 N–H and O–H groups in total. The zero-order valence-corrected chi connectivity index (χ0v) is 48.2. The van der Waals surface area contributed by atoms with E-state index in [0.717, 1.165) is 51.4 Å². The van der Waals surface area contributed by atoms with Crippen molar-refractivity contribution in [2.24, 2.45) is 0 Å². The zero-order chi connectivity index (χ0) is 50.6. The Morgan fingerprint density at radius 2 is 0.543 bits per heavy atom. The van der Waals surface area contributed by atoms with Gasteiger partial charge in [-0.15, -0.1) is 0 Å². The molecular weight excluding hydrogens is 855 g/mol. The van der Waals surface area contributed by atoms with Crippen molar-refractivity contribution in [3.05, 3.63) is 12.2 Å². The van der Waals surface area contributed by atoms with Crippen LogP contribution in [0.4, 0.5) is 0 Å². The van der Waals surface area contributed by atoms with Crippen LogP contribution in [0, 0.1) is 0 Å². The molecule has 0 aromatic rings. The molecule has 0 aliphatic rings. The smallest absolute Gasteiger partial charge is 0.220 e. The fraction of sp³-hybridized carbons (Fsp3) is 0.939. The Bertz CT molecular complexity index is 1020. The number of aliphatic hydroxyl groups is 1. The first-order valence-electron chi connectivity index (χ1n) is 32.7. The molecular formula is C66H129NO3. The third-order valence-corrected chi connectivity index (χ3v) is 15.6. The van der Waals surface area contributed by atoms with Crippen LogP contribution in [0.15, 0.2) is 12.2 Å². The SMILES string of the molecule is CCCCCCCC/C=C\CCCCCCCC(=O)CCCCCCCCCCCCCCCCCCCCCCCCCCCCCC(=O)N[C@@H](CO)CCCCCCCCCCCCCCCC. The summed E-state index contributed by atoms with van der Waals surface area (Å²) in [7, 11) is 0. The Morgan fingerprint density at radius 1 is 0.314 bits per heavy atom. The molecule has 0 aliphatic heterocycles. The maximum Gasteiger partial charge on any atom is 0.220 e.